The van der Waals surface area contributed by atoms with E-state index in [1.165, 1.54) is 12.1 Å². The number of amides is 1. The van der Waals surface area contributed by atoms with Gasteiger partial charge in [0.1, 0.15) is 12.4 Å². The maximum absolute atomic E-state index is 12.2. The molecule has 0 bridgehead atoms. The predicted molar refractivity (Wildman–Crippen MR) is 137 cm³/mol. The van der Waals surface area contributed by atoms with Gasteiger partial charge < -0.3 is 19.9 Å². The van der Waals surface area contributed by atoms with Crippen LogP contribution in [0.2, 0.25) is 0 Å². The Kier molecular flexibility index (Phi) is 16.5. The summed E-state index contributed by atoms with van der Waals surface area (Å²) in [6.45, 7) is 4.62. The van der Waals surface area contributed by atoms with E-state index < -0.39 is 18.0 Å². The number of phenolic OH excluding ortho intramolecular Hbond substituents is 1. The van der Waals surface area contributed by atoms with E-state index in [0.29, 0.717) is 13.0 Å². The number of carbonyl (C=O) groups excluding carboxylic acids is 2. The number of hydrogen-bond donors (Lipinski definition) is 2. The lowest BCUT2D eigenvalue weighted by molar-refractivity contribution is -0.157. The maximum Gasteiger partial charge on any atom is 0.335 e. The Morgan fingerprint density at radius 3 is 2.15 bits per heavy atom. The van der Waals surface area contributed by atoms with E-state index in [0.717, 1.165) is 32.1 Å². The number of hydrogen-bond acceptors (Lipinski definition) is 5. The van der Waals surface area contributed by atoms with Crippen LogP contribution >= 0.6 is 0 Å². The Morgan fingerprint density at radius 2 is 1.53 bits per heavy atom. The number of allylic oxidation sites excluding steroid dienone is 7. The lowest BCUT2D eigenvalue weighted by Gasteiger charge is -2.15. The van der Waals surface area contributed by atoms with E-state index >= 15 is 0 Å². The van der Waals surface area contributed by atoms with Crippen LogP contribution in [0.15, 0.2) is 72.9 Å². The summed E-state index contributed by atoms with van der Waals surface area (Å²) in [6, 6.07) is 6.27. The Hall–Kier alpha value is -3.12. The first-order chi connectivity index (χ1) is 16.6. The van der Waals surface area contributed by atoms with Gasteiger partial charge in [-0.15, -0.1) is 0 Å². The number of phenols is 1. The first-order valence-electron chi connectivity index (χ1n) is 12.0. The zero-order valence-electron chi connectivity index (χ0n) is 20.4. The summed E-state index contributed by atoms with van der Waals surface area (Å²) < 4.78 is 10.8. The second-order valence-corrected chi connectivity index (χ2v) is 7.50. The lowest BCUT2D eigenvalue weighted by atomic mass is 10.2. The van der Waals surface area contributed by atoms with E-state index in [2.05, 4.69) is 54.8 Å². The van der Waals surface area contributed by atoms with Gasteiger partial charge in [0, 0.05) is 0 Å². The quantitative estimate of drug-likeness (QED) is 0.175. The monoisotopic (exact) mass is 469 g/mol. The zero-order chi connectivity index (χ0) is 24.9. The standard InChI is InChI=1S/C28H39NO5/c1-3-5-6-7-8-9-10-11-12-13-14-15-18-22-33-26(4-2)28(32)34-23-21-29-27(31)24-19-16-17-20-25(24)30/h5-6,8-9,11-12,14-17,19-20,26,30H,3-4,7,10,13,18,21-23H2,1-2H3,(H,29,31). The average molecular weight is 470 g/mol. The molecule has 1 aromatic carbocycles. The number of nitrogens with one attached hydrogen (secondary N) is 1. The van der Waals surface area contributed by atoms with Crippen LogP contribution in [0.4, 0.5) is 0 Å². The van der Waals surface area contributed by atoms with Gasteiger partial charge in [-0.3, -0.25) is 4.79 Å². The van der Waals surface area contributed by atoms with Crippen molar-refractivity contribution in [3.05, 3.63) is 78.4 Å². The molecule has 0 aliphatic carbocycles. The highest BCUT2D eigenvalue weighted by molar-refractivity contribution is 5.96. The molecule has 0 aromatic heterocycles. The molecular weight excluding hydrogens is 430 g/mol. The molecule has 1 rings (SSSR count). The third kappa shape index (κ3) is 13.4. The molecule has 34 heavy (non-hydrogen) atoms. The van der Waals surface area contributed by atoms with Gasteiger partial charge in [-0.05, 0) is 50.7 Å². The van der Waals surface area contributed by atoms with E-state index in [-0.39, 0.29) is 24.5 Å². The van der Waals surface area contributed by atoms with Crippen molar-refractivity contribution in [2.24, 2.45) is 0 Å². The first-order valence-corrected chi connectivity index (χ1v) is 12.0. The molecule has 1 atom stereocenters. The molecule has 1 unspecified atom stereocenters. The highest BCUT2D eigenvalue weighted by Crippen LogP contribution is 2.14. The highest BCUT2D eigenvalue weighted by atomic mass is 16.6. The fourth-order valence-corrected chi connectivity index (χ4v) is 2.90. The Bertz CT molecular complexity index is 826. The summed E-state index contributed by atoms with van der Waals surface area (Å²) in [7, 11) is 0. The van der Waals surface area contributed by atoms with Gasteiger partial charge in [0.15, 0.2) is 6.10 Å². The van der Waals surface area contributed by atoms with Crippen molar-refractivity contribution in [2.45, 2.75) is 58.5 Å². The molecule has 186 valence electrons. The molecule has 6 heteroatoms. The number of benzene rings is 1. The third-order valence-corrected chi connectivity index (χ3v) is 4.74. The smallest absolute Gasteiger partial charge is 0.335 e. The van der Waals surface area contributed by atoms with Gasteiger partial charge in [0.05, 0.1) is 18.7 Å². The fourth-order valence-electron chi connectivity index (χ4n) is 2.90. The Morgan fingerprint density at radius 1 is 0.912 bits per heavy atom. The molecule has 6 nitrogen and oxygen atoms in total. The van der Waals surface area contributed by atoms with Gasteiger partial charge in [-0.25, -0.2) is 4.79 Å². The molecule has 0 aliphatic rings. The van der Waals surface area contributed by atoms with Gasteiger partial charge in [0.25, 0.3) is 5.91 Å². The normalized spacial score (nSPS) is 12.8. The van der Waals surface area contributed by atoms with Gasteiger partial charge >= 0.3 is 5.97 Å². The van der Waals surface area contributed by atoms with Gasteiger partial charge in [0.2, 0.25) is 0 Å². The lowest BCUT2D eigenvalue weighted by Crippen LogP contribution is -2.31. The Balaban J connectivity index is 2.14. The van der Waals surface area contributed by atoms with E-state index in [1.54, 1.807) is 12.1 Å². The van der Waals surface area contributed by atoms with E-state index in [4.69, 9.17) is 9.47 Å². The summed E-state index contributed by atoms with van der Waals surface area (Å²) in [5.74, 6) is -0.954. The maximum atomic E-state index is 12.2. The highest BCUT2D eigenvalue weighted by Gasteiger charge is 2.18. The average Bonchev–Trinajstić information content (AvgIpc) is 2.84. The number of esters is 1. The summed E-state index contributed by atoms with van der Waals surface area (Å²) in [5.41, 5.74) is 0.180. The molecule has 0 heterocycles. The number of carbonyl (C=O) groups is 2. The number of ether oxygens (including phenoxy) is 2. The molecule has 1 aromatic rings. The molecule has 0 spiro atoms. The van der Waals surface area contributed by atoms with Crippen LogP contribution in [0.3, 0.4) is 0 Å². The summed E-state index contributed by atoms with van der Waals surface area (Å²) >= 11 is 0. The minimum atomic E-state index is -0.624. The van der Waals surface area contributed by atoms with Crippen LogP contribution in [-0.4, -0.2) is 42.8 Å². The van der Waals surface area contributed by atoms with Crippen molar-refractivity contribution in [1.29, 1.82) is 0 Å². The molecule has 0 saturated heterocycles. The van der Waals surface area contributed by atoms with E-state index in [1.807, 2.05) is 13.0 Å². The minimum absolute atomic E-state index is 0.0366. The van der Waals surface area contributed by atoms with Crippen molar-refractivity contribution in [2.75, 3.05) is 19.8 Å². The minimum Gasteiger partial charge on any atom is -0.507 e. The van der Waals surface area contributed by atoms with Gasteiger partial charge in [-0.1, -0.05) is 74.6 Å². The van der Waals surface area contributed by atoms with Crippen molar-refractivity contribution in [1.82, 2.24) is 5.32 Å². The summed E-state index contributed by atoms with van der Waals surface area (Å²) in [4.78, 5) is 24.2. The molecular formula is C28H39NO5. The van der Waals surface area contributed by atoms with Crippen LogP contribution < -0.4 is 5.32 Å². The van der Waals surface area contributed by atoms with Crippen molar-refractivity contribution >= 4 is 11.9 Å². The van der Waals surface area contributed by atoms with Crippen molar-refractivity contribution in [3.8, 4) is 5.75 Å². The fraction of sp³-hybridized carbons (Fsp3) is 0.429. The van der Waals surface area contributed by atoms with Gasteiger partial charge in [-0.2, -0.15) is 0 Å². The van der Waals surface area contributed by atoms with Crippen LogP contribution in [0.1, 0.15) is 62.7 Å². The summed E-state index contributed by atoms with van der Waals surface area (Å²) in [5, 5.41) is 12.3. The van der Waals surface area contributed by atoms with Crippen LogP contribution in [0, 0.1) is 0 Å². The van der Waals surface area contributed by atoms with E-state index in [9.17, 15) is 14.7 Å². The van der Waals surface area contributed by atoms with Crippen molar-refractivity contribution < 1.29 is 24.2 Å². The molecule has 0 saturated carbocycles. The number of rotatable bonds is 17. The molecule has 2 N–H and O–H groups in total. The summed E-state index contributed by atoms with van der Waals surface area (Å²) in [6.07, 6.45) is 21.6. The largest absolute Gasteiger partial charge is 0.507 e. The van der Waals surface area contributed by atoms with Crippen molar-refractivity contribution in [3.63, 3.8) is 0 Å². The SMILES string of the molecule is CCC=CCC=CCC=CCC=CCCOC(CC)C(=O)OCCNC(=O)c1ccccc1O. The molecule has 1 amide bonds. The Labute approximate surface area is 204 Å². The first kappa shape index (κ1) is 28.9. The molecule has 0 fully saturated rings. The molecule has 0 radical (unpaired) electrons. The van der Waals surface area contributed by atoms with Crippen LogP contribution in [0.25, 0.3) is 0 Å². The zero-order valence-corrected chi connectivity index (χ0v) is 20.4. The number of para-hydroxylation sites is 1. The molecule has 0 aliphatic heterocycles. The number of aromatic hydroxyl groups is 1. The predicted octanol–water partition coefficient (Wildman–Crippen LogP) is 5.66. The van der Waals surface area contributed by atoms with Crippen LogP contribution in [0.5, 0.6) is 5.75 Å². The topological polar surface area (TPSA) is 84.9 Å². The van der Waals surface area contributed by atoms with Crippen LogP contribution in [-0.2, 0) is 14.3 Å². The second-order valence-electron chi connectivity index (χ2n) is 7.50. The second kappa shape index (κ2) is 19.4. The third-order valence-electron chi connectivity index (χ3n) is 4.74.